The van der Waals surface area contributed by atoms with Gasteiger partial charge in [-0.2, -0.15) is 9.97 Å². The molecule has 0 spiro atoms. The summed E-state index contributed by atoms with van der Waals surface area (Å²) in [5.41, 5.74) is 16.9. The van der Waals surface area contributed by atoms with Crippen LogP contribution in [0.4, 0.5) is 17.2 Å². The molecule has 0 fully saturated rings. The maximum Gasteiger partial charge on any atom is 0.238 e. The molecular formula is C73H48N6S. The van der Waals surface area contributed by atoms with Gasteiger partial charge in [0.1, 0.15) is 11.6 Å². The summed E-state index contributed by atoms with van der Waals surface area (Å²) >= 11 is 1.85. The summed E-state index contributed by atoms with van der Waals surface area (Å²) in [6, 6.07) is 92.9. The lowest BCUT2D eigenvalue weighted by atomic mass is 9.80. The molecule has 11 aromatic carbocycles. The Labute approximate surface area is 464 Å². The zero-order valence-electron chi connectivity index (χ0n) is 43.8. The van der Waals surface area contributed by atoms with Crippen LogP contribution in [0.3, 0.4) is 0 Å². The Bertz CT molecular complexity index is 5230. The lowest BCUT2D eigenvalue weighted by Crippen LogP contribution is -2.16. The smallest absolute Gasteiger partial charge is 0.238 e. The van der Waals surface area contributed by atoms with Gasteiger partial charge in [0.15, 0.2) is 0 Å². The van der Waals surface area contributed by atoms with E-state index in [0.717, 1.165) is 78.1 Å². The Hall–Kier alpha value is -10.1. The highest BCUT2D eigenvalue weighted by Gasteiger charge is 2.38. The summed E-state index contributed by atoms with van der Waals surface area (Å²) in [6.45, 7) is 4.76. The Morgan fingerprint density at radius 3 is 1.73 bits per heavy atom. The number of fused-ring (bicyclic) bond motifs is 16. The summed E-state index contributed by atoms with van der Waals surface area (Å²) in [4.78, 5) is 14.0. The molecule has 0 bridgehead atoms. The van der Waals surface area contributed by atoms with Crippen LogP contribution < -0.4 is 4.90 Å². The molecule has 0 amide bonds. The largest absolute Gasteiger partial charge is 0.309 e. The topological polar surface area (TPSA) is 43.8 Å². The maximum atomic E-state index is 5.84. The lowest BCUT2D eigenvalue weighted by Gasteiger charge is -2.26. The second-order valence-electron chi connectivity index (χ2n) is 21.7. The third-order valence-corrected chi connectivity index (χ3v) is 18.2. The van der Waals surface area contributed by atoms with Gasteiger partial charge in [0.2, 0.25) is 5.95 Å². The van der Waals surface area contributed by atoms with Crippen LogP contribution >= 0.6 is 11.3 Å². The average molecular weight is 1040 g/mol. The van der Waals surface area contributed by atoms with E-state index in [1.165, 1.54) is 69.5 Å². The number of hydrogen-bond acceptors (Lipinski definition) is 4. The van der Waals surface area contributed by atoms with Gasteiger partial charge in [-0.05, 0) is 112 Å². The molecule has 0 saturated heterocycles. The van der Waals surface area contributed by atoms with Crippen LogP contribution in [0.25, 0.3) is 125 Å². The van der Waals surface area contributed by atoms with Crippen LogP contribution in [0.2, 0.25) is 0 Å². The van der Waals surface area contributed by atoms with E-state index in [1.54, 1.807) is 0 Å². The van der Waals surface area contributed by atoms with E-state index < -0.39 is 0 Å². The van der Waals surface area contributed by atoms with E-state index >= 15 is 0 Å². The van der Waals surface area contributed by atoms with Crippen LogP contribution in [0.15, 0.2) is 255 Å². The molecule has 5 aromatic heterocycles. The molecule has 0 N–H and O–H groups in total. The number of thiophene rings is 1. The van der Waals surface area contributed by atoms with Gasteiger partial charge in [0.05, 0.1) is 33.1 Å². The molecule has 16 aromatic rings. The van der Waals surface area contributed by atoms with Crippen molar-refractivity contribution in [2.45, 2.75) is 19.3 Å². The van der Waals surface area contributed by atoms with E-state index in [4.69, 9.17) is 9.97 Å². The number of para-hydroxylation sites is 5. The first-order valence-corrected chi connectivity index (χ1v) is 28.2. The van der Waals surface area contributed by atoms with Crippen LogP contribution in [-0.4, -0.2) is 23.7 Å². The van der Waals surface area contributed by atoms with Crippen molar-refractivity contribution < 1.29 is 0 Å². The molecule has 17 rings (SSSR count). The summed E-state index contributed by atoms with van der Waals surface area (Å²) in [5.74, 6) is 2.07. The molecule has 1 aliphatic rings. The molecule has 376 valence electrons. The van der Waals surface area contributed by atoms with Gasteiger partial charge >= 0.3 is 0 Å². The molecular weight excluding hydrogens is 993 g/mol. The number of benzene rings is 11. The van der Waals surface area contributed by atoms with Crippen molar-refractivity contribution in [3.8, 4) is 39.7 Å². The van der Waals surface area contributed by atoms with E-state index in [0.29, 0.717) is 5.95 Å². The van der Waals surface area contributed by atoms with Gasteiger partial charge in [-0.1, -0.05) is 184 Å². The first-order valence-electron chi connectivity index (χ1n) is 27.4. The first-order chi connectivity index (χ1) is 39.4. The fourth-order valence-electron chi connectivity index (χ4n) is 13.5. The molecule has 80 heavy (non-hydrogen) atoms. The standard InChI is InChI=1S/C73H48N6S/c1-73(2)59-28-14-9-23-50(59)57-39-40-63-70(71(57)73)58-27-12-17-31-62(58)78(63)69-44-68(76(47-19-5-3-6-20-47)49-35-38-54-51-24-10-15-29-60(51)77(65(54)43-49)48-21-7-4-8-22-48)74-72(75-69)79-61-30-16-11-25-52(61)53-36-33-45(41-64(53)79)46-34-37-56-55-26-13-18-32-66(55)80-67(56)42-46/h3-44H,1-2H3. The lowest BCUT2D eigenvalue weighted by molar-refractivity contribution is 0.666. The monoisotopic (exact) mass is 1040 g/mol. The molecule has 5 heterocycles. The van der Waals surface area contributed by atoms with Crippen molar-refractivity contribution in [2.75, 3.05) is 4.90 Å². The second-order valence-corrected chi connectivity index (χ2v) is 22.8. The maximum absolute atomic E-state index is 5.84. The summed E-state index contributed by atoms with van der Waals surface area (Å²) < 4.78 is 9.64. The minimum absolute atomic E-state index is 0.241. The molecule has 6 nitrogen and oxygen atoms in total. The molecule has 0 aliphatic heterocycles. The molecule has 0 saturated carbocycles. The third-order valence-electron chi connectivity index (χ3n) is 17.0. The van der Waals surface area contributed by atoms with Crippen LogP contribution in [0, 0.1) is 0 Å². The Morgan fingerprint density at radius 1 is 0.375 bits per heavy atom. The van der Waals surface area contributed by atoms with Gasteiger partial charge < -0.3 is 4.57 Å². The van der Waals surface area contributed by atoms with Gasteiger partial charge in [-0.15, -0.1) is 11.3 Å². The van der Waals surface area contributed by atoms with Gasteiger partial charge in [-0.3, -0.25) is 14.0 Å². The SMILES string of the molecule is CC1(C)c2ccccc2-c2ccc3c(c21)c1ccccc1n3-c1cc(N(c2ccccc2)c2ccc3c4ccccc4n(-c4ccccc4)c3c2)nc(-n2c3ccccc3c3ccc(-c4ccc5c(c4)sc4ccccc45)cc32)n1. The van der Waals surface area contributed by atoms with Gasteiger partial charge in [0.25, 0.3) is 0 Å². The molecule has 0 atom stereocenters. The number of nitrogens with zero attached hydrogens (tertiary/aromatic N) is 6. The first kappa shape index (κ1) is 45.0. The summed E-state index contributed by atoms with van der Waals surface area (Å²) in [7, 11) is 0. The Kier molecular flexibility index (Phi) is 9.54. The van der Waals surface area contributed by atoms with Crippen molar-refractivity contribution in [3.05, 3.63) is 266 Å². The van der Waals surface area contributed by atoms with Gasteiger partial charge in [-0.25, -0.2) is 0 Å². The summed E-state index contributed by atoms with van der Waals surface area (Å²) in [6.07, 6.45) is 0. The molecule has 0 unspecified atom stereocenters. The second kappa shape index (κ2) is 17.0. The van der Waals surface area contributed by atoms with Gasteiger partial charge in [0, 0.05) is 81.0 Å². The van der Waals surface area contributed by atoms with E-state index in [-0.39, 0.29) is 5.41 Å². The van der Waals surface area contributed by atoms with Crippen LogP contribution in [0.5, 0.6) is 0 Å². The third kappa shape index (κ3) is 6.46. The zero-order valence-corrected chi connectivity index (χ0v) is 44.7. The quantitative estimate of drug-likeness (QED) is 0.160. The number of anilines is 3. The normalized spacial score (nSPS) is 13.0. The van der Waals surface area contributed by atoms with Crippen molar-refractivity contribution in [2.24, 2.45) is 0 Å². The van der Waals surface area contributed by atoms with Crippen molar-refractivity contribution in [1.82, 2.24) is 23.7 Å². The molecule has 7 heteroatoms. The fraction of sp³-hybridized carbons (Fsp3) is 0.0411. The highest BCUT2D eigenvalue weighted by Crippen LogP contribution is 2.53. The Balaban J connectivity index is 0.960. The van der Waals surface area contributed by atoms with Crippen LogP contribution in [-0.2, 0) is 5.41 Å². The molecule has 1 aliphatic carbocycles. The highest BCUT2D eigenvalue weighted by molar-refractivity contribution is 7.25. The predicted octanol–water partition coefficient (Wildman–Crippen LogP) is 19.6. The Morgan fingerprint density at radius 2 is 0.950 bits per heavy atom. The molecule has 0 radical (unpaired) electrons. The van der Waals surface area contributed by atoms with E-state index in [2.05, 4.69) is 287 Å². The number of rotatable bonds is 7. The number of hydrogen-bond donors (Lipinski definition) is 0. The minimum Gasteiger partial charge on any atom is -0.309 e. The fourth-order valence-corrected chi connectivity index (χ4v) is 14.7. The zero-order chi connectivity index (χ0) is 52.8. The highest BCUT2D eigenvalue weighted by atomic mass is 32.1. The van der Waals surface area contributed by atoms with Crippen molar-refractivity contribution >= 4 is 114 Å². The number of aromatic nitrogens is 5. The minimum atomic E-state index is -0.241. The van der Waals surface area contributed by atoms with Crippen molar-refractivity contribution in [1.29, 1.82) is 0 Å². The predicted molar refractivity (Wildman–Crippen MR) is 336 cm³/mol. The van der Waals surface area contributed by atoms with E-state index in [1.807, 2.05) is 11.3 Å². The average Bonchev–Trinajstić information content (AvgIpc) is 4.38. The van der Waals surface area contributed by atoms with Crippen LogP contribution in [0.1, 0.15) is 25.0 Å². The summed E-state index contributed by atoms with van der Waals surface area (Å²) in [5, 5.41) is 9.68. The van der Waals surface area contributed by atoms with Crippen molar-refractivity contribution in [3.63, 3.8) is 0 Å². The van der Waals surface area contributed by atoms with E-state index in [9.17, 15) is 0 Å².